The molecule has 4 aromatic carbocycles. The number of piperidine rings is 2. The maximum absolute atomic E-state index is 13.8. The van der Waals surface area contributed by atoms with Crippen molar-refractivity contribution in [2.24, 2.45) is 9.98 Å². The van der Waals surface area contributed by atoms with Crippen LogP contribution in [0.1, 0.15) is 104 Å². The number of aryl methyl sites for hydroxylation is 4. The Kier molecular flexibility index (Phi) is 27.3. The van der Waals surface area contributed by atoms with E-state index in [0.717, 1.165) is 46.5 Å². The van der Waals surface area contributed by atoms with E-state index in [0.29, 0.717) is 55.5 Å². The minimum absolute atomic E-state index is 0.00597. The van der Waals surface area contributed by atoms with Crippen LogP contribution >= 0.6 is 23.2 Å². The first-order valence-corrected chi connectivity index (χ1v) is 35.2. The van der Waals surface area contributed by atoms with E-state index >= 15 is 0 Å². The number of amidine groups is 2. The summed E-state index contributed by atoms with van der Waals surface area (Å²) in [7, 11) is -7.40. The van der Waals surface area contributed by atoms with E-state index in [1.807, 2.05) is 13.8 Å². The number of rotatable bonds is 16. The number of carbonyl (C=O) groups is 4. The summed E-state index contributed by atoms with van der Waals surface area (Å²) in [5.74, 6) is -0.782. The van der Waals surface area contributed by atoms with Crippen molar-refractivity contribution < 1.29 is 81.3 Å². The average Bonchev–Trinajstić information content (AvgIpc) is 1.60. The fourth-order valence-corrected chi connectivity index (χ4v) is 13.8. The summed E-state index contributed by atoms with van der Waals surface area (Å²) in [6.45, 7) is 13.1. The zero-order valence-corrected chi connectivity index (χ0v) is 56.3. The third kappa shape index (κ3) is 20.9. The van der Waals surface area contributed by atoms with Crippen LogP contribution in [0, 0.1) is 13.8 Å². The Morgan fingerprint density at radius 1 is 0.771 bits per heavy atom. The fourth-order valence-electron chi connectivity index (χ4n) is 10.9. The fraction of sp³-hybridized carbons (Fsp3) is 0.455. The topological polar surface area (TPSA) is 253 Å². The molecule has 7 aliphatic heterocycles. The lowest BCUT2D eigenvalue weighted by Crippen LogP contribution is -2.50. The molecule has 7 bridgehead atoms. The summed E-state index contributed by atoms with van der Waals surface area (Å²) in [6.07, 6.45) is -0.953. The number of halogens is 8. The highest BCUT2D eigenvalue weighted by Crippen LogP contribution is 2.38. The lowest BCUT2D eigenvalue weighted by molar-refractivity contribution is -0.138. The van der Waals surface area contributed by atoms with Gasteiger partial charge in [0.05, 0.1) is 62.3 Å². The molecule has 4 aromatic rings. The summed E-state index contributed by atoms with van der Waals surface area (Å²) in [6, 6.07) is 16.6. The molecule has 2 fully saturated rings. The highest BCUT2D eigenvalue weighted by Gasteiger charge is 2.49. The third-order valence-electron chi connectivity index (χ3n) is 16.2. The smallest absolute Gasteiger partial charge is 0.416 e. The minimum atomic E-state index is -4.66. The molecular formula is C66H78Cl2F6N8O12S2. The summed E-state index contributed by atoms with van der Waals surface area (Å²) in [5, 5.41) is 10.8. The third-order valence-corrected chi connectivity index (χ3v) is 20.5. The van der Waals surface area contributed by atoms with Crippen LogP contribution in [0.25, 0.3) is 0 Å². The Hall–Kier alpha value is -7.18. The van der Waals surface area contributed by atoms with E-state index in [1.54, 1.807) is 60.7 Å². The van der Waals surface area contributed by atoms with Crippen molar-refractivity contribution in [1.82, 2.24) is 29.9 Å². The quantitative estimate of drug-likeness (QED) is 0.0355. The largest absolute Gasteiger partial charge is 0.493 e. The normalized spacial score (nSPS) is 20.3. The molecule has 0 saturated carbocycles. The van der Waals surface area contributed by atoms with Crippen LogP contribution in [0.4, 0.5) is 26.3 Å². The van der Waals surface area contributed by atoms with Gasteiger partial charge in [-0.05, 0) is 148 Å². The van der Waals surface area contributed by atoms with E-state index in [9.17, 15) is 62.4 Å². The maximum atomic E-state index is 13.8. The molecule has 20 nitrogen and oxygen atoms in total. The molecule has 0 aromatic heterocycles. The number of sulfonamides is 2. The van der Waals surface area contributed by atoms with Gasteiger partial charge in [0, 0.05) is 73.3 Å². The van der Waals surface area contributed by atoms with Gasteiger partial charge in [-0.2, -0.15) is 26.3 Å². The van der Waals surface area contributed by atoms with Gasteiger partial charge in [-0.25, -0.2) is 25.4 Å². The number of nitrogens with one attached hydrogen (secondary N) is 4. The van der Waals surface area contributed by atoms with Gasteiger partial charge < -0.3 is 40.2 Å². The zero-order valence-electron chi connectivity index (χ0n) is 53.2. The van der Waals surface area contributed by atoms with Crippen molar-refractivity contribution in [2.75, 3.05) is 102 Å². The summed E-state index contributed by atoms with van der Waals surface area (Å²) in [4.78, 5) is 60.3. The van der Waals surface area contributed by atoms with E-state index in [1.165, 1.54) is 20.7 Å². The first kappa shape index (κ1) is 76.2. The standard InChI is InChI=1S/C33H39F3N4O6S.C31H35F3N4O6S.C2H4Cl2/c1-4-6-16-46-28-21-26(20-27(22-28)33(34,35)36)29-38-31(42)32(39-29)10-13-40(14-11-32)47(43,44)18-9-24-7-8-25(19-23(24)3)30(41)37-12-17-45-15-5-2;1-21-17-23-6-5-22(21)7-16-45(41,42)38-11-8-30(9-12-38)29(40)36-27(37-30)24-18-25(31(32,33)34)20-26(19-24)44-14-4-2-3-13-43-15-10-35-28(23)39;3-1-2-4/h4-5,7-8,19-22H,1-2,6,9-18H2,3H3,(H,37,41)(H,38,39,42);2-3,5-6,17-20H,4,7-16H2,1H3,(H,35,39)(H,36,37,40);1-2H2/b;3-2+;. The predicted octanol–water partition coefficient (Wildman–Crippen LogP) is 9.03. The molecule has 30 heteroatoms. The molecule has 96 heavy (non-hydrogen) atoms. The molecule has 4 N–H and O–H groups in total. The van der Waals surface area contributed by atoms with Gasteiger partial charge in [0.1, 0.15) is 34.2 Å². The Morgan fingerprint density at radius 3 is 2.01 bits per heavy atom. The van der Waals surface area contributed by atoms with Crippen molar-refractivity contribution >= 4 is 78.5 Å². The molecule has 0 radical (unpaired) electrons. The van der Waals surface area contributed by atoms with Gasteiger partial charge in [-0.1, -0.05) is 36.4 Å². The molecule has 7 aliphatic rings. The molecule has 7 heterocycles. The van der Waals surface area contributed by atoms with E-state index in [4.69, 9.17) is 42.1 Å². The van der Waals surface area contributed by atoms with Crippen LogP contribution in [0.2, 0.25) is 0 Å². The van der Waals surface area contributed by atoms with Gasteiger partial charge in [0.15, 0.2) is 0 Å². The molecule has 0 atom stereocenters. The molecule has 11 rings (SSSR count). The lowest BCUT2D eigenvalue weighted by atomic mass is 9.89. The van der Waals surface area contributed by atoms with Gasteiger partial charge in [-0.15, -0.1) is 36.4 Å². The predicted molar refractivity (Wildman–Crippen MR) is 354 cm³/mol. The van der Waals surface area contributed by atoms with E-state index in [-0.39, 0.29) is 155 Å². The molecule has 522 valence electrons. The van der Waals surface area contributed by atoms with Gasteiger partial charge in [0.2, 0.25) is 20.0 Å². The molecular weight excluding hydrogens is 1350 g/mol. The van der Waals surface area contributed by atoms with Crippen molar-refractivity contribution in [2.45, 2.75) is 88.6 Å². The number of alkyl halides is 8. The summed E-state index contributed by atoms with van der Waals surface area (Å²) in [5.41, 5.74) is -0.294. The van der Waals surface area contributed by atoms with Gasteiger partial charge in [0.25, 0.3) is 23.6 Å². The number of ether oxygens (including phenoxy) is 4. The van der Waals surface area contributed by atoms with Crippen molar-refractivity contribution in [3.8, 4) is 11.5 Å². The van der Waals surface area contributed by atoms with Crippen LogP contribution in [-0.2, 0) is 64.3 Å². The number of hydrogen-bond donors (Lipinski definition) is 4. The molecule has 0 aliphatic carbocycles. The molecule has 2 saturated heterocycles. The lowest BCUT2D eigenvalue weighted by Gasteiger charge is -2.34. The first-order valence-electron chi connectivity index (χ1n) is 30.9. The van der Waals surface area contributed by atoms with Crippen LogP contribution < -0.4 is 30.7 Å². The molecule has 2 spiro atoms. The maximum Gasteiger partial charge on any atom is 0.416 e. The van der Waals surface area contributed by atoms with Crippen LogP contribution in [0.5, 0.6) is 11.5 Å². The van der Waals surface area contributed by atoms with Gasteiger partial charge in [-0.3, -0.25) is 29.2 Å². The summed E-state index contributed by atoms with van der Waals surface area (Å²) >= 11 is 10.1. The van der Waals surface area contributed by atoms with Crippen molar-refractivity contribution in [3.05, 3.63) is 166 Å². The Balaban J connectivity index is 0.000000257. The number of hydrogen-bond acceptors (Lipinski definition) is 14. The minimum Gasteiger partial charge on any atom is -0.493 e. The highest BCUT2D eigenvalue weighted by atomic mass is 35.5. The number of amides is 4. The second kappa shape index (κ2) is 34.4. The number of fused-ring (bicyclic) bond motifs is 2. The Morgan fingerprint density at radius 2 is 1.41 bits per heavy atom. The number of carbonyl (C=O) groups excluding carboxylic acids is 4. The van der Waals surface area contributed by atoms with Crippen LogP contribution in [0.3, 0.4) is 0 Å². The van der Waals surface area contributed by atoms with Crippen molar-refractivity contribution in [1.29, 1.82) is 0 Å². The highest BCUT2D eigenvalue weighted by molar-refractivity contribution is 7.89. The number of benzene rings is 4. The second-order valence-electron chi connectivity index (χ2n) is 23.0. The SMILES string of the molecule is C=CCCOc1cc(C2=NC3(CCN(S(=O)(=O)CCc4ccc(C(=O)NCCOCC=C)cc4C)CC3)C(=O)N2)cc(C(F)(F)F)c1.Cc1cc2ccc1CCS(=O)(=O)N1CCC3(CC1)N=C(NC3=O)c1cc(cc(C(F)(F)F)c1)OCC/C=C/COCCNC2=O.ClCCCl. The first-order chi connectivity index (χ1) is 45.5. The Labute approximate surface area is 565 Å². The summed E-state index contributed by atoms with van der Waals surface area (Å²) < 4.78 is 160. The Bertz CT molecular complexity index is 3780. The number of aliphatic imine (C=N–C) groups is 2. The van der Waals surface area contributed by atoms with E-state index < -0.39 is 66.4 Å². The average molecular weight is 1420 g/mol. The van der Waals surface area contributed by atoms with Gasteiger partial charge >= 0.3 is 12.4 Å². The van der Waals surface area contributed by atoms with E-state index in [2.05, 4.69) is 44.4 Å². The van der Waals surface area contributed by atoms with Crippen LogP contribution in [0.15, 0.2) is 120 Å². The monoisotopic (exact) mass is 1420 g/mol. The second-order valence-corrected chi connectivity index (χ2v) is 27.9. The van der Waals surface area contributed by atoms with Crippen molar-refractivity contribution in [3.63, 3.8) is 0 Å². The zero-order chi connectivity index (χ0) is 69.9. The molecule has 0 unspecified atom stereocenters. The number of nitrogens with zero attached hydrogens (tertiary/aromatic N) is 4. The van der Waals surface area contributed by atoms with Crippen LogP contribution in [-0.4, -0.2) is 174 Å². The molecule has 4 amide bonds.